The van der Waals surface area contributed by atoms with Gasteiger partial charge < -0.3 is 10.0 Å². The Labute approximate surface area is 89.1 Å². The summed E-state index contributed by atoms with van der Waals surface area (Å²) in [6.45, 7) is 5.57. The summed E-state index contributed by atoms with van der Waals surface area (Å²) in [4.78, 5) is 13.4. The normalized spacial score (nSPS) is 12.6. The van der Waals surface area contributed by atoms with Crippen LogP contribution in [-0.2, 0) is 0 Å². The highest BCUT2D eigenvalue weighted by Gasteiger charge is 2.19. The summed E-state index contributed by atoms with van der Waals surface area (Å²) >= 11 is 0. The van der Waals surface area contributed by atoms with Gasteiger partial charge in [-0.3, -0.25) is 9.89 Å². The molecule has 0 saturated heterocycles. The number of aliphatic hydroxyl groups excluding tert-OH is 1. The molecular weight excluding hydrogens is 194 g/mol. The SMILES string of the molecule is Cc1n[nH]c(C)c1C(=O)N(C)CC(C)O. The van der Waals surface area contributed by atoms with Crippen LogP contribution in [0.15, 0.2) is 0 Å². The van der Waals surface area contributed by atoms with Crippen LogP contribution in [0.25, 0.3) is 0 Å². The second-order valence-corrected chi connectivity index (χ2v) is 3.84. The molecule has 0 bridgehead atoms. The Morgan fingerprint density at radius 2 is 2.20 bits per heavy atom. The Hall–Kier alpha value is -1.36. The molecule has 15 heavy (non-hydrogen) atoms. The molecule has 0 spiro atoms. The van der Waals surface area contributed by atoms with Crippen molar-refractivity contribution >= 4 is 5.91 Å². The van der Waals surface area contributed by atoms with Crippen LogP contribution in [0.3, 0.4) is 0 Å². The highest BCUT2D eigenvalue weighted by molar-refractivity contribution is 5.96. The van der Waals surface area contributed by atoms with Crippen molar-refractivity contribution in [3.63, 3.8) is 0 Å². The number of hydrogen-bond acceptors (Lipinski definition) is 3. The van der Waals surface area contributed by atoms with Gasteiger partial charge in [0.15, 0.2) is 0 Å². The van der Waals surface area contributed by atoms with E-state index in [1.165, 1.54) is 4.90 Å². The van der Waals surface area contributed by atoms with Crippen molar-refractivity contribution in [3.8, 4) is 0 Å². The van der Waals surface area contributed by atoms with Crippen molar-refractivity contribution in [3.05, 3.63) is 17.0 Å². The number of nitrogens with zero attached hydrogens (tertiary/aromatic N) is 2. The lowest BCUT2D eigenvalue weighted by Gasteiger charge is -2.18. The fourth-order valence-corrected chi connectivity index (χ4v) is 1.54. The number of carbonyl (C=O) groups excluding carboxylic acids is 1. The molecule has 5 heteroatoms. The van der Waals surface area contributed by atoms with E-state index in [0.717, 1.165) is 5.69 Å². The zero-order valence-corrected chi connectivity index (χ0v) is 9.53. The molecule has 1 rings (SSSR count). The number of likely N-dealkylation sites (N-methyl/N-ethyl adjacent to an activating group) is 1. The summed E-state index contributed by atoms with van der Waals surface area (Å²) in [6.07, 6.45) is -0.522. The Balaban J connectivity index is 2.85. The predicted molar refractivity (Wildman–Crippen MR) is 56.7 cm³/mol. The number of rotatable bonds is 3. The zero-order chi connectivity index (χ0) is 11.6. The zero-order valence-electron chi connectivity index (χ0n) is 9.53. The van der Waals surface area contributed by atoms with Crippen molar-refractivity contribution in [2.75, 3.05) is 13.6 Å². The molecule has 0 aliphatic heterocycles. The lowest BCUT2D eigenvalue weighted by molar-refractivity contribution is 0.0702. The molecule has 1 unspecified atom stereocenters. The number of aromatic nitrogens is 2. The van der Waals surface area contributed by atoms with Gasteiger partial charge in [-0.1, -0.05) is 0 Å². The third-order valence-electron chi connectivity index (χ3n) is 2.23. The minimum Gasteiger partial charge on any atom is -0.392 e. The number of hydrogen-bond donors (Lipinski definition) is 2. The number of aliphatic hydroxyl groups is 1. The van der Waals surface area contributed by atoms with Crippen LogP contribution in [-0.4, -0.2) is 45.8 Å². The van der Waals surface area contributed by atoms with Crippen molar-refractivity contribution < 1.29 is 9.90 Å². The minimum absolute atomic E-state index is 0.111. The van der Waals surface area contributed by atoms with Crippen LogP contribution in [0.5, 0.6) is 0 Å². The van der Waals surface area contributed by atoms with Crippen LogP contribution < -0.4 is 0 Å². The molecular formula is C10H17N3O2. The number of amides is 1. The molecule has 2 N–H and O–H groups in total. The number of aromatic amines is 1. The van der Waals surface area contributed by atoms with Gasteiger partial charge in [0, 0.05) is 19.3 Å². The van der Waals surface area contributed by atoms with Gasteiger partial charge in [-0.25, -0.2) is 0 Å². The van der Waals surface area contributed by atoms with E-state index in [9.17, 15) is 9.90 Å². The highest BCUT2D eigenvalue weighted by Crippen LogP contribution is 2.11. The van der Waals surface area contributed by atoms with Gasteiger partial charge in [0.25, 0.3) is 5.91 Å². The quantitative estimate of drug-likeness (QED) is 0.764. The lowest BCUT2D eigenvalue weighted by atomic mass is 10.1. The first-order chi connectivity index (χ1) is 6.93. The van der Waals surface area contributed by atoms with Gasteiger partial charge >= 0.3 is 0 Å². The number of H-pyrrole nitrogens is 1. The fraction of sp³-hybridized carbons (Fsp3) is 0.600. The monoisotopic (exact) mass is 211 g/mol. The summed E-state index contributed by atoms with van der Waals surface area (Å²) in [5, 5.41) is 15.9. The molecule has 0 fully saturated rings. The predicted octanol–water partition coefficient (Wildman–Crippen LogP) is 0.479. The van der Waals surface area contributed by atoms with Gasteiger partial charge in [0.1, 0.15) is 0 Å². The second kappa shape index (κ2) is 4.44. The largest absolute Gasteiger partial charge is 0.392 e. The Bertz CT molecular complexity index is 338. The first kappa shape index (κ1) is 11.7. The molecule has 1 aromatic heterocycles. The first-order valence-corrected chi connectivity index (χ1v) is 4.88. The van der Waals surface area contributed by atoms with Crippen molar-refractivity contribution in [1.82, 2.24) is 15.1 Å². The van der Waals surface area contributed by atoms with Crippen molar-refractivity contribution in [1.29, 1.82) is 0 Å². The van der Waals surface area contributed by atoms with Crippen LogP contribution in [0.2, 0.25) is 0 Å². The van der Waals surface area contributed by atoms with E-state index in [0.29, 0.717) is 17.8 Å². The minimum atomic E-state index is -0.522. The van der Waals surface area contributed by atoms with Gasteiger partial charge in [0.2, 0.25) is 0 Å². The maximum Gasteiger partial charge on any atom is 0.257 e. The molecule has 0 aliphatic carbocycles. The average molecular weight is 211 g/mol. The van der Waals surface area contributed by atoms with E-state index in [-0.39, 0.29) is 5.91 Å². The van der Waals surface area contributed by atoms with E-state index in [2.05, 4.69) is 10.2 Å². The molecule has 1 atom stereocenters. The van der Waals surface area contributed by atoms with Crippen LogP contribution in [0.1, 0.15) is 28.7 Å². The van der Waals surface area contributed by atoms with E-state index in [1.54, 1.807) is 20.9 Å². The molecule has 1 heterocycles. The number of carbonyl (C=O) groups is 1. The fourth-order valence-electron chi connectivity index (χ4n) is 1.54. The highest BCUT2D eigenvalue weighted by atomic mass is 16.3. The maximum atomic E-state index is 11.9. The third kappa shape index (κ3) is 2.56. The van der Waals surface area contributed by atoms with E-state index in [4.69, 9.17) is 0 Å². The van der Waals surface area contributed by atoms with Gasteiger partial charge in [-0.2, -0.15) is 5.10 Å². The molecule has 84 valence electrons. The summed E-state index contributed by atoms with van der Waals surface area (Å²) in [6, 6.07) is 0. The standard InChI is InChI=1S/C10H17N3O2/c1-6(14)5-13(4)10(15)9-7(2)11-12-8(9)3/h6,14H,5H2,1-4H3,(H,11,12). The summed E-state index contributed by atoms with van der Waals surface area (Å²) < 4.78 is 0. The summed E-state index contributed by atoms with van der Waals surface area (Å²) in [5.74, 6) is -0.111. The lowest BCUT2D eigenvalue weighted by Crippen LogP contribution is -2.33. The maximum absolute atomic E-state index is 11.9. The van der Waals surface area contributed by atoms with E-state index in [1.807, 2.05) is 6.92 Å². The Morgan fingerprint density at radius 3 is 2.60 bits per heavy atom. The number of nitrogens with one attached hydrogen (secondary N) is 1. The van der Waals surface area contributed by atoms with E-state index < -0.39 is 6.10 Å². The third-order valence-corrected chi connectivity index (χ3v) is 2.23. The van der Waals surface area contributed by atoms with Gasteiger partial charge in [-0.05, 0) is 20.8 Å². The Morgan fingerprint density at radius 1 is 1.60 bits per heavy atom. The molecule has 0 radical (unpaired) electrons. The molecule has 5 nitrogen and oxygen atoms in total. The summed E-state index contributed by atoms with van der Waals surface area (Å²) in [5.41, 5.74) is 2.04. The molecule has 1 aromatic rings. The van der Waals surface area contributed by atoms with Crippen LogP contribution in [0.4, 0.5) is 0 Å². The summed E-state index contributed by atoms with van der Waals surface area (Å²) in [7, 11) is 1.67. The smallest absolute Gasteiger partial charge is 0.257 e. The van der Waals surface area contributed by atoms with E-state index >= 15 is 0 Å². The van der Waals surface area contributed by atoms with Gasteiger partial charge in [0.05, 0.1) is 17.4 Å². The molecule has 0 aromatic carbocycles. The number of aryl methyl sites for hydroxylation is 2. The van der Waals surface area contributed by atoms with Crippen LogP contribution >= 0.6 is 0 Å². The molecule has 0 aliphatic rings. The Kier molecular flexibility index (Phi) is 3.47. The van der Waals surface area contributed by atoms with Gasteiger partial charge in [-0.15, -0.1) is 0 Å². The first-order valence-electron chi connectivity index (χ1n) is 4.88. The average Bonchev–Trinajstić information content (AvgIpc) is 2.44. The van der Waals surface area contributed by atoms with Crippen LogP contribution in [0, 0.1) is 13.8 Å². The molecule has 1 amide bonds. The molecule has 0 saturated carbocycles. The van der Waals surface area contributed by atoms with Crippen molar-refractivity contribution in [2.45, 2.75) is 26.9 Å². The topological polar surface area (TPSA) is 69.2 Å². The van der Waals surface area contributed by atoms with Crippen molar-refractivity contribution in [2.24, 2.45) is 0 Å². The second-order valence-electron chi connectivity index (χ2n) is 3.84.